The Morgan fingerprint density at radius 3 is 2.29 bits per heavy atom. The number of halogens is 1. The quantitative estimate of drug-likeness (QED) is 0.602. The molecule has 1 amide bonds. The normalized spacial score (nSPS) is 13.5. The zero-order valence-electron chi connectivity index (χ0n) is 13.0. The summed E-state index contributed by atoms with van der Waals surface area (Å²) >= 11 is 1.65. The van der Waals surface area contributed by atoms with Gasteiger partial charge in [0.1, 0.15) is 0 Å². The number of aryl methyl sites for hydroxylation is 3. The average molecular weight is 373 g/mol. The Morgan fingerprint density at radius 2 is 1.71 bits per heavy atom. The number of nitrogens with zero attached hydrogens (tertiary/aromatic N) is 1. The van der Waals surface area contributed by atoms with Gasteiger partial charge in [-0.1, -0.05) is 17.7 Å². The van der Waals surface area contributed by atoms with Gasteiger partial charge in [-0.2, -0.15) is 0 Å². The zero-order chi connectivity index (χ0) is 17.7. The Bertz CT molecular complexity index is 667. The molecular formula is C15H17ClN2O5S. The van der Waals surface area contributed by atoms with E-state index in [0.717, 1.165) is 18.4 Å². The molecule has 1 aromatic carbocycles. The lowest BCUT2D eigenvalue weighted by Gasteiger charge is -2.17. The van der Waals surface area contributed by atoms with Crippen LogP contribution in [0.4, 0.5) is 0 Å². The molecule has 1 aromatic heterocycles. The van der Waals surface area contributed by atoms with E-state index in [1.165, 1.54) is 23.3 Å². The number of hydrogen-bond donors (Lipinski definition) is 1. The van der Waals surface area contributed by atoms with Crippen LogP contribution in [0.1, 0.15) is 39.2 Å². The van der Waals surface area contributed by atoms with Crippen molar-refractivity contribution in [3.63, 3.8) is 0 Å². The van der Waals surface area contributed by atoms with Gasteiger partial charge < -0.3 is 0 Å². The van der Waals surface area contributed by atoms with Gasteiger partial charge in [0.15, 0.2) is 11.5 Å². The molecule has 0 saturated carbocycles. The maximum Gasteiger partial charge on any atom is 0.306 e. The van der Waals surface area contributed by atoms with Crippen LogP contribution in [-0.4, -0.2) is 5.91 Å². The second-order valence-electron chi connectivity index (χ2n) is 5.39. The van der Waals surface area contributed by atoms with Crippen LogP contribution < -0.4 is 28.1 Å². The summed E-state index contributed by atoms with van der Waals surface area (Å²) in [6, 6.07) is 7.63. The summed E-state index contributed by atoms with van der Waals surface area (Å²) in [7, 11) is -4.94. The summed E-state index contributed by atoms with van der Waals surface area (Å²) in [5.41, 5.74) is 6.18. The third-order valence-electron chi connectivity index (χ3n) is 3.47. The van der Waals surface area contributed by atoms with E-state index in [-0.39, 0.29) is 5.91 Å². The smallest absolute Gasteiger partial charge is 0.263 e. The van der Waals surface area contributed by atoms with E-state index in [1.54, 1.807) is 11.5 Å². The lowest BCUT2D eigenvalue weighted by Crippen LogP contribution is -2.68. The van der Waals surface area contributed by atoms with Gasteiger partial charge in [-0.3, -0.25) is 4.79 Å². The van der Waals surface area contributed by atoms with Gasteiger partial charge in [0, 0.05) is 11.1 Å². The number of carbonyl (C=O) groups is 1. The van der Waals surface area contributed by atoms with Gasteiger partial charge >= 0.3 is 5.91 Å². The van der Waals surface area contributed by atoms with Crippen molar-refractivity contribution in [2.24, 2.45) is 0 Å². The fourth-order valence-corrected chi connectivity index (χ4v) is 3.41. The molecule has 0 atom stereocenters. The van der Waals surface area contributed by atoms with Crippen molar-refractivity contribution in [3.8, 4) is 0 Å². The number of carbonyl (C=O) groups excluding carboxylic acids is 1. The summed E-state index contributed by atoms with van der Waals surface area (Å²) in [5.74, 6) is -0.0522. The predicted octanol–water partition coefficient (Wildman–Crippen LogP) is -2.15. The fourth-order valence-electron chi connectivity index (χ4n) is 2.35. The van der Waals surface area contributed by atoms with Gasteiger partial charge in [-0.25, -0.2) is 18.6 Å². The maximum atomic E-state index is 12.1. The molecule has 2 aromatic rings. The van der Waals surface area contributed by atoms with Crippen LogP contribution in [-0.2, 0) is 12.8 Å². The van der Waals surface area contributed by atoms with E-state index >= 15 is 0 Å². The maximum absolute atomic E-state index is 12.1. The number of rotatable bonds is 2. The Kier molecular flexibility index (Phi) is 6.27. The second kappa shape index (κ2) is 8.02. The first-order valence-corrected chi connectivity index (χ1v) is 9.26. The molecule has 130 valence electrons. The molecule has 7 nitrogen and oxygen atoms in total. The van der Waals surface area contributed by atoms with Crippen LogP contribution in [0.3, 0.4) is 0 Å². The molecule has 0 saturated heterocycles. The first kappa shape index (κ1) is 18.8. The monoisotopic (exact) mass is 372 g/mol. The van der Waals surface area contributed by atoms with E-state index in [1.807, 2.05) is 35.3 Å². The van der Waals surface area contributed by atoms with Crippen molar-refractivity contribution in [2.75, 3.05) is 5.43 Å². The zero-order valence-corrected chi connectivity index (χ0v) is 14.6. The lowest BCUT2D eigenvalue weighted by molar-refractivity contribution is -2.00. The highest BCUT2D eigenvalue weighted by Crippen LogP contribution is 2.22. The topological polar surface area (TPSA) is 125 Å². The molecule has 0 aliphatic heterocycles. The SMILES string of the molecule is Cc1ccc(C(=O)N[n+]2cc3c(s2)CCCC3)cc1.[O-][Cl+3]([O-])([O-])[O-]. The van der Waals surface area contributed by atoms with E-state index in [4.69, 9.17) is 18.6 Å². The van der Waals surface area contributed by atoms with E-state index < -0.39 is 10.2 Å². The summed E-state index contributed by atoms with van der Waals surface area (Å²) in [5, 5.41) is 0. The molecule has 0 radical (unpaired) electrons. The fraction of sp³-hybridized carbons (Fsp3) is 0.333. The minimum Gasteiger partial charge on any atom is -0.263 e. The second-order valence-corrected chi connectivity index (χ2v) is 7.21. The molecule has 0 spiro atoms. The van der Waals surface area contributed by atoms with Crippen LogP contribution >= 0.6 is 11.5 Å². The predicted molar refractivity (Wildman–Crippen MR) is 76.0 cm³/mol. The molecule has 1 N–H and O–H groups in total. The van der Waals surface area contributed by atoms with Gasteiger partial charge in [0.25, 0.3) is 0 Å². The lowest BCUT2D eigenvalue weighted by atomic mass is 10.0. The highest BCUT2D eigenvalue weighted by molar-refractivity contribution is 7.02. The molecule has 9 heteroatoms. The summed E-state index contributed by atoms with van der Waals surface area (Å²) in [4.78, 5) is 13.5. The Hall–Kier alpha value is -1.55. The minimum atomic E-state index is -4.94. The highest BCUT2D eigenvalue weighted by atomic mass is 35.7. The van der Waals surface area contributed by atoms with Gasteiger partial charge in [0.2, 0.25) is 6.20 Å². The Balaban J connectivity index is 0.000000368. The number of aromatic nitrogens is 1. The molecular weight excluding hydrogens is 356 g/mol. The van der Waals surface area contributed by atoms with Gasteiger partial charge in [0.05, 0.1) is 4.88 Å². The molecule has 0 fully saturated rings. The standard InChI is InChI=1S/C15H16N2OS.ClHO4/c1-11-6-8-12(9-7-11)15(18)16-17-10-13-4-2-3-5-14(13)19-17;2-1(3,4)5/h6-10H,2-5H2,1H3;(H,2,3,4,5). The number of hydrogen-bond acceptors (Lipinski definition) is 6. The number of amides is 1. The van der Waals surface area contributed by atoms with Crippen molar-refractivity contribution >= 4 is 17.4 Å². The number of fused-ring (bicyclic) bond motifs is 1. The summed E-state index contributed by atoms with van der Waals surface area (Å²) in [6.45, 7) is 2.02. The van der Waals surface area contributed by atoms with Crippen LogP contribution in [0.15, 0.2) is 30.5 Å². The minimum absolute atomic E-state index is 0.0522. The summed E-state index contributed by atoms with van der Waals surface area (Å²) < 4.78 is 35.8. The van der Waals surface area contributed by atoms with E-state index in [2.05, 4.69) is 11.6 Å². The van der Waals surface area contributed by atoms with E-state index in [0.29, 0.717) is 5.56 Å². The highest BCUT2D eigenvalue weighted by Gasteiger charge is 2.21. The third kappa shape index (κ3) is 6.16. The van der Waals surface area contributed by atoms with Crippen molar-refractivity contribution in [1.29, 1.82) is 0 Å². The van der Waals surface area contributed by atoms with E-state index in [9.17, 15) is 4.79 Å². The molecule has 1 aliphatic carbocycles. The third-order valence-corrected chi connectivity index (χ3v) is 4.55. The Morgan fingerprint density at radius 1 is 1.12 bits per heavy atom. The molecule has 0 bridgehead atoms. The first-order valence-electron chi connectivity index (χ1n) is 7.26. The van der Waals surface area contributed by atoms with Crippen molar-refractivity contribution in [2.45, 2.75) is 32.6 Å². The van der Waals surface area contributed by atoms with Crippen LogP contribution in [0, 0.1) is 17.2 Å². The van der Waals surface area contributed by atoms with Crippen LogP contribution in [0.2, 0.25) is 0 Å². The van der Waals surface area contributed by atoms with Crippen molar-refractivity contribution < 1.29 is 37.7 Å². The van der Waals surface area contributed by atoms with Crippen molar-refractivity contribution in [1.82, 2.24) is 0 Å². The van der Waals surface area contributed by atoms with Gasteiger partial charge in [-0.05, 0) is 48.8 Å². The number of nitrogens with one attached hydrogen (secondary N) is 1. The summed E-state index contributed by atoms with van der Waals surface area (Å²) in [6.07, 6.45) is 6.87. The Labute approximate surface area is 145 Å². The van der Waals surface area contributed by atoms with Crippen molar-refractivity contribution in [3.05, 3.63) is 52.0 Å². The number of benzene rings is 1. The molecule has 1 aliphatic rings. The largest absolute Gasteiger partial charge is 0.306 e. The molecule has 1 heterocycles. The molecule has 3 rings (SSSR count). The molecule has 24 heavy (non-hydrogen) atoms. The average Bonchev–Trinajstić information content (AvgIpc) is 2.88. The first-order chi connectivity index (χ1) is 11.2. The van der Waals surface area contributed by atoms with Crippen LogP contribution in [0.25, 0.3) is 0 Å². The molecule has 0 unspecified atom stereocenters. The van der Waals surface area contributed by atoms with Crippen LogP contribution in [0.5, 0.6) is 0 Å². The van der Waals surface area contributed by atoms with Gasteiger partial charge in [-0.15, -0.1) is 15.7 Å².